The van der Waals surface area contributed by atoms with E-state index in [-0.39, 0.29) is 12.2 Å². The van der Waals surface area contributed by atoms with E-state index >= 15 is 0 Å². The number of alkyl halides is 1. The number of allylic oxidation sites excluding steroid dienone is 1. The van der Waals surface area contributed by atoms with Crippen molar-refractivity contribution in [3.8, 4) is 0 Å². The number of halogens is 1. The van der Waals surface area contributed by atoms with Gasteiger partial charge in [0.25, 0.3) is 0 Å². The molecule has 1 saturated carbocycles. The zero-order valence-corrected chi connectivity index (χ0v) is 7.31. The van der Waals surface area contributed by atoms with Gasteiger partial charge in [-0.3, -0.25) is 4.79 Å². The average Bonchev–Trinajstić information content (AvgIpc) is 2.17. The molecule has 0 radical (unpaired) electrons. The van der Waals surface area contributed by atoms with Crippen LogP contribution in [0.1, 0.15) is 38.5 Å². The first-order valence-corrected chi connectivity index (χ1v) is 4.52. The first kappa shape index (κ1) is 9.43. The number of ketones is 1. The van der Waals surface area contributed by atoms with Crippen molar-refractivity contribution < 1.29 is 9.18 Å². The molecule has 0 aromatic heterocycles. The van der Waals surface area contributed by atoms with Gasteiger partial charge in [-0.1, -0.05) is 12.5 Å². The minimum Gasteiger partial charge on any atom is -0.296 e. The number of carbonyl (C=O) groups excluding carboxylic acids is 1. The lowest BCUT2D eigenvalue weighted by atomic mass is 9.92. The van der Waals surface area contributed by atoms with Crippen LogP contribution in [-0.4, -0.2) is 11.5 Å². The molecular formula is C10H15FO. The molecule has 0 bridgehead atoms. The largest absolute Gasteiger partial charge is 0.296 e. The topological polar surface area (TPSA) is 17.1 Å². The molecule has 12 heavy (non-hydrogen) atoms. The second-order valence-corrected chi connectivity index (χ2v) is 3.44. The molecule has 1 nitrogen and oxygen atoms in total. The first-order valence-electron chi connectivity index (χ1n) is 4.52. The molecule has 1 aliphatic carbocycles. The fourth-order valence-corrected chi connectivity index (χ4v) is 1.68. The molecule has 1 fully saturated rings. The van der Waals surface area contributed by atoms with Gasteiger partial charge >= 0.3 is 0 Å². The van der Waals surface area contributed by atoms with Crippen molar-refractivity contribution in [1.29, 1.82) is 0 Å². The number of hydrogen-bond acceptors (Lipinski definition) is 1. The highest BCUT2D eigenvalue weighted by Crippen LogP contribution is 2.30. The van der Waals surface area contributed by atoms with Gasteiger partial charge in [-0.05, 0) is 19.3 Å². The highest BCUT2D eigenvalue weighted by molar-refractivity contribution is 5.87. The monoisotopic (exact) mass is 170 g/mol. The Morgan fingerprint density at radius 2 is 2.25 bits per heavy atom. The molecule has 0 amide bonds. The van der Waals surface area contributed by atoms with Crippen molar-refractivity contribution in [3.63, 3.8) is 0 Å². The summed E-state index contributed by atoms with van der Waals surface area (Å²) in [5.74, 6) is -0.222. The third-order valence-electron chi connectivity index (χ3n) is 2.44. The molecule has 1 rings (SSSR count). The van der Waals surface area contributed by atoms with Crippen molar-refractivity contribution in [2.24, 2.45) is 0 Å². The second kappa shape index (κ2) is 3.83. The molecule has 0 spiro atoms. The quantitative estimate of drug-likeness (QED) is 0.460. The maximum Gasteiger partial charge on any atom is 0.172 e. The Morgan fingerprint density at radius 3 is 2.92 bits per heavy atom. The van der Waals surface area contributed by atoms with E-state index in [0.29, 0.717) is 12.8 Å². The lowest BCUT2D eigenvalue weighted by Crippen LogP contribution is -2.31. The predicted octanol–water partition coefficient (Wildman–Crippen LogP) is 2.80. The van der Waals surface area contributed by atoms with E-state index in [1.165, 1.54) is 6.08 Å². The van der Waals surface area contributed by atoms with E-state index in [1.54, 1.807) is 0 Å². The van der Waals surface area contributed by atoms with Gasteiger partial charge < -0.3 is 0 Å². The van der Waals surface area contributed by atoms with E-state index in [4.69, 9.17) is 0 Å². The van der Waals surface area contributed by atoms with Gasteiger partial charge in [-0.15, -0.1) is 6.58 Å². The highest BCUT2D eigenvalue weighted by atomic mass is 19.1. The molecule has 0 aliphatic heterocycles. The van der Waals surface area contributed by atoms with Crippen LogP contribution in [0.3, 0.4) is 0 Å². The van der Waals surface area contributed by atoms with E-state index in [0.717, 1.165) is 19.3 Å². The van der Waals surface area contributed by atoms with Gasteiger partial charge in [-0.25, -0.2) is 4.39 Å². The van der Waals surface area contributed by atoms with Crippen LogP contribution in [0.5, 0.6) is 0 Å². The second-order valence-electron chi connectivity index (χ2n) is 3.44. The Kier molecular flexibility index (Phi) is 3.01. The van der Waals surface area contributed by atoms with Crippen molar-refractivity contribution in [3.05, 3.63) is 12.7 Å². The summed E-state index contributed by atoms with van der Waals surface area (Å²) in [4.78, 5) is 11.3. The molecule has 68 valence electrons. The van der Waals surface area contributed by atoms with Crippen molar-refractivity contribution in [2.45, 2.75) is 44.2 Å². The van der Waals surface area contributed by atoms with E-state index in [1.807, 2.05) is 0 Å². The van der Waals surface area contributed by atoms with Crippen molar-refractivity contribution >= 4 is 5.78 Å². The number of rotatable bonds is 2. The molecule has 0 aromatic carbocycles. The smallest absolute Gasteiger partial charge is 0.172 e. The standard InChI is InChI=1S/C10H15FO/c1-2-7-10(11)8-5-3-4-6-9(10)12/h2H,1,3-8H2/t10-/m1/s1. The number of Topliss-reactive ketones (excluding diaryl/α,β-unsaturated/α-hetero) is 1. The van der Waals surface area contributed by atoms with Gasteiger partial charge in [0.1, 0.15) is 0 Å². The molecular weight excluding hydrogens is 155 g/mol. The molecule has 0 unspecified atom stereocenters. The van der Waals surface area contributed by atoms with E-state index < -0.39 is 5.67 Å². The van der Waals surface area contributed by atoms with Gasteiger partial charge in [0.05, 0.1) is 0 Å². The molecule has 0 N–H and O–H groups in total. The summed E-state index contributed by atoms with van der Waals surface area (Å²) in [5, 5.41) is 0. The summed E-state index contributed by atoms with van der Waals surface area (Å²) >= 11 is 0. The van der Waals surface area contributed by atoms with Crippen LogP contribution >= 0.6 is 0 Å². The van der Waals surface area contributed by atoms with Crippen LogP contribution in [0, 0.1) is 0 Å². The fraction of sp³-hybridized carbons (Fsp3) is 0.700. The van der Waals surface area contributed by atoms with Gasteiger partial charge in [0.2, 0.25) is 0 Å². The Balaban J connectivity index is 2.68. The normalized spacial score (nSPS) is 31.2. The Morgan fingerprint density at radius 1 is 1.50 bits per heavy atom. The van der Waals surface area contributed by atoms with E-state index in [9.17, 15) is 9.18 Å². The summed E-state index contributed by atoms with van der Waals surface area (Å²) < 4.78 is 13.8. The third kappa shape index (κ3) is 1.93. The highest BCUT2D eigenvalue weighted by Gasteiger charge is 2.36. The first-order chi connectivity index (χ1) is 5.69. The lowest BCUT2D eigenvalue weighted by molar-refractivity contribution is -0.130. The molecule has 1 atom stereocenters. The summed E-state index contributed by atoms with van der Waals surface area (Å²) in [6, 6.07) is 0. The zero-order chi connectivity index (χ0) is 9.03. The Hall–Kier alpha value is -0.660. The minimum atomic E-state index is -1.59. The Labute approximate surface area is 72.7 Å². The molecule has 0 aromatic rings. The van der Waals surface area contributed by atoms with Crippen LogP contribution in [0.4, 0.5) is 4.39 Å². The van der Waals surface area contributed by atoms with Crippen LogP contribution in [0.15, 0.2) is 12.7 Å². The summed E-state index contributed by atoms with van der Waals surface area (Å²) in [6.45, 7) is 3.47. The average molecular weight is 170 g/mol. The van der Waals surface area contributed by atoms with Gasteiger partial charge in [-0.2, -0.15) is 0 Å². The lowest BCUT2D eigenvalue weighted by Gasteiger charge is -2.19. The van der Waals surface area contributed by atoms with Gasteiger partial charge in [0, 0.05) is 12.8 Å². The molecule has 0 heterocycles. The van der Waals surface area contributed by atoms with Crippen LogP contribution in [0.25, 0.3) is 0 Å². The minimum absolute atomic E-state index is 0.186. The number of carbonyl (C=O) groups is 1. The summed E-state index contributed by atoms with van der Waals surface area (Å²) in [7, 11) is 0. The zero-order valence-electron chi connectivity index (χ0n) is 7.31. The van der Waals surface area contributed by atoms with Gasteiger partial charge in [0.15, 0.2) is 11.5 Å². The molecule has 0 saturated heterocycles. The maximum absolute atomic E-state index is 13.8. The summed E-state index contributed by atoms with van der Waals surface area (Å²) in [5.41, 5.74) is -1.59. The SMILES string of the molecule is C=CC[C@@]1(F)CCCCCC1=O. The van der Waals surface area contributed by atoms with Crippen molar-refractivity contribution in [1.82, 2.24) is 0 Å². The Bertz CT molecular complexity index is 188. The number of hydrogen-bond donors (Lipinski definition) is 0. The van der Waals surface area contributed by atoms with E-state index in [2.05, 4.69) is 6.58 Å². The van der Waals surface area contributed by atoms with Crippen LogP contribution in [-0.2, 0) is 4.79 Å². The van der Waals surface area contributed by atoms with Crippen molar-refractivity contribution in [2.75, 3.05) is 0 Å². The summed E-state index contributed by atoms with van der Waals surface area (Å²) in [6.07, 6.45) is 5.14. The van der Waals surface area contributed by atoms with Crippen LogP contribution in [0.2, 0.25) is 0 Å². The third-order valence-corrected chi connectivity index (χ3v) is 2.44. The van der Waals surface area contributed by atoms with Crippen LogP contribution < -0.4 is 0 Å². The maximum atomic E-state index is 13.8. The predicted molar refractivity (Wildman–Crippen MR) is 46.7 cm³/mol. The fourth-order valence-electron chi connectivity index (χ4n) is 1.68. The molecule has 2 heteroatoms. The molecule has 1 aliphatic rings.